The van der Waals surface area contributed by atoms with Crippen LogP contribution >= 0.6 is 11.6 Å². The summed E-state index contributed by atoms with van der Waals surface area (Å²) in [7, 11) is 0. The van der Waals surface area contributed by atoms with Crippen LogP contribution in [0.15, 0.2) is 48.7 Å². The van der Waals surface area contributed by atoms with Crippen molar-refractivity contribution >= 4 is 22.5 Å². The molecule has 3 rings (SSSR count). The number of hydrogen-bond donors (Lipinski definition) is 1. The standard InChI is InChI=1S/C14H9ClFN/c15-12-3-1-10(8-13(12)16)9-2-4-14-11(7-9)5-6-17-14/h1-8,17H. The van der Waals surface area contributed by atoms with Crippen LogP contribution in [-0.4, -0.2) is 4.98 Å². The van der Waals surface area contributed by atoms with Gasteiger partial charge in [0.25, 0.3) is 0 Å². The molecule has 0 atom stereocenters. The first-order chi connectivity index (χ1) is 8.24. The van der Waals surface area contributed by atoms with E-state index in [9.17, 15) is 4.39 Å². The molecule has 2 aromatic carbocycles. The monoisotopic (exact) mass is 245 g/mol. The van der Waals surface area contributed by atoms with Crippen molar-refractivity contribution < 1.29 is 4.39 Å². The first kappa shape index (κ1) is 10.4. The highest BCUT2D eigenvalue weighted by atomic mass is 35.5. The Morgan fingerprint density at radius 3 is 2.53 bits per heavy atom. The van der Waals surface area contributed by atoms with E-state index in [4.69, 9.17) is 11.6 Å². The van der Waals surface area contributed by atoms with Gasteiger partial charge in [0.05, 0.1) is 5.02 Å². The quantitative estimate of drug-likeness (QED) is 0.644. The number of H-pyrrole nitrogens is 1. The fourth-order valence-corrected chi connectivity index (χ4v) is 2.03. The van der Waals surface area contributed by atoms with Crippen LogP contribution in [0.5, 0.6) is 0 Å². The Morgan fingerprint density at radius 2 is 1.71 bits per heavy atom. The van der Waals surface area contributed by atoms with E-state index in [0.717, 1.165) is 22.0 Å². The summed E-state index contributed by atoms with van der Waals surface area (Å²) in [4.78, 5) is 3.12. The molecule has 1 nitrogen and oxygen atoms in total. The Morgan fingerprint density at radius 1 is 0.941 bits per heavy atom. The van der Waals surface area contributed by atoms with Gasteiger partial charge < -0.3 is 4.98 Å². The number of benzene rings is 2. The van der Waals surface area contributed by atoms with E-state index in [1.54, 1.807) is 6.07 Å². The van der Waals surface area contributed by atoms with Crippen molar-refractivity contribution in [2.24, 2.45) is 0 Å². The Balaban J connectivity index is 2.16. The maximum atomic E-state index is 13.4. The number of fused-ring (bicyclic) bond motifs is 1. The SMILES string of the molecule is Fc1cc(-c2ccc3[nH]ccc3c2)ccc1Cl. The summed E-state index contributed by atoms with van der Waals surface area (Å²) in [6.07, 6.45) is 1.89. The molecule has 3 heteroatoms. The Hall–Kier alpha value is -1.80. The van der Waals surface area contributed by atoms with E-state index in [2.05, 4.69) is 4.98 Å². The maximum Gasteiger partial charge on any atom is 0.142 e. The van der Waals surface area contributed by atoms with E-state index in [0.29, 0.717) is 0 Å². The number of hydrogen-bond acceptors (Lipinski definition) is 0. The van der Waals surface area contributed by atoms with Gasteiger partial charge in [-0.3, -0.25) is 0 Å². The van der Waals surface area contributed by atoms with Gasteiger partial charge in [-0.15, -0.1) is 0 Å². The molecule has 84 valence electrons. The first-order valence-electron chi connectivity index (χ1n) is 5.26. The number of nitrogens with one attached hydrogen (secondary N) is 1. The summed E-state index contributed by atoms with van der Waals surface area (Å²) in [6.45, 7) is 0. The molecule has 0 aliphatic rings. The second kappa shape index (κ2) is 3.90. The predicted molar refractivity (Wildman–Crippen MR) is 68.7 cm³/mol. The first-order valence-corrected chi connectivity index (χ1v) is 5.64. The Kier molecular flexibility index (Phi) is 2.37. The van der Waals surface area contributed by atoms with Gasteiger partial charge in [-0.25, -0.2) is 4.39 Å². The fourth-order valence-electron chi connectivity index (χ4n) is 1.91. The van der Waals surface area contributed by atoms with Crippen LogP contribution < -0.4 is 0 Å². The van der Waals surface area contributed by atoms with Gasteiger partial charge in [0.1, 0.15) is 5.82 Å². The van der Waals surface area contributed by atoms with Gasteiger partial charge in [-0.05, 0) is 46.8 Å². The Bertz CT molecular complexity index is 688. The molecule has 0 unspecified atom stereocenters. The van der Waals surface area contributed by atoms with Gasteiger partial charge in [0.15, 0.2) is 0 Å². The molecule has 0 spiro atoms. The predicted octanol–water partition coefficient (Wildman–Crippen LogP) is 4.63. The zero-order valence-electron chi connectivity index (χ0n) is 8.87. The minimum absolute atomic E-state index is 0.150. The number of aromatic nitrogens is 1. The van der Waals surface area contributed by atoms with E-state index >= 15 is 0 Å². The lowest BCUT2D eigenvalue weighted by atomic mass is 10.0. The van der Waals surface area contributed by atoms with Crippen LogP contribution in [-0.2, 0) is 0 Å². The molecule has 0 saturated heterocycles. The number of rotatable bonds is 1. The second-order valence-corrected chi connectivity index (χ2v) is 4.32. The molecule has 0 aliphatic carbocycles. The molecular formula is C14H9ClFN. The van der Waals surface area contributed by atoms with Crippen LogP contribution in [0.2, 0.25) is 5.02 Å². The average molecular weight is 246 g/mol. The molecular weight excluding hydrogens is 237 g/mol. The van der Waals surface area contributed by atoms with Crippen LogP contribution in [0.3, 0.4) is 0 Å². The van der Waals surface area contributed by atoms with E-state index in [1.165, 1.54) is 6.07 Å². The van der Waals surface area contributed by atoms with E-state index in [1.807, 2.05) is 36.5 Å². The molecule has 0 saturated carbocycles. The molecule has 3 aromatic rings. The molecule has 0 bridgehead atoms. The summed E-state index contributed by atoms with van der Waals surface area (Å²) in [5.41, 5.74) is 2.88. The number of aromatic amines is 1. The zero-order valence-corrected chi connectivity index (χ0v) is 9.63. The van der Waals surface area contributed by atoms with Crippen LogP contribution in [0, 0.1) is 5.82 Å². The van der Waals surface area contributed by atoms with Crippen molar-refractivity contribution in [2.45, 2.75) is 0 Å². The molecule has 0 radical (unpaired) electrons. The third kappa shape index (κ3) is 1.81. The van der Waals surface area contributed by atoms with Gasteiger partial charge in [0.2, 0.25) is 0 Å². The van der Waals surface area contributed by atoms with E-state index in [-0.39, 0.29) is 5.02 Å². The van der Waals surface area contributed by atoms with Crippen molar-refractivity contribution in [3.63, 3.8) is 0 Å². The van der Waals surface area contributed by atoms with Crippen LogP contribution in [0.1, 0.15) is 0 Å². The summed E-state index contributed by atoms with van der Waals surface area (Å²) < 4.78 is 13.4. The molecule has 1 N–H and O–H groups in total. The largest absolute Gasteiger partial charge is 0.361 e. The summed E-state index contributed by atoms with van der Waals surface area (Å²) in [5, 5.41) is 1.26. The molecule has 0 amide bonds. The van der Waals surface area contributed by atoms with Gasteiger partial charge >= 0.3 is 0 Å². The lowest BCUT2D eigenvalue weighted by Crippen LogP contribution is -1.81. The lowest BCUT2D eigenvalue weighted by molar-refractivity contribution is 0.629. The summed E-state index contributed by atoms with van der Waals surface area (Å²) >= 11 is 5.67. The normalized spacial score (nSPS) is 10.9. The summed E-state index contributed by atoms with van der Waals surface area (Å²) in [6, 6.07) is 12.8. The van der Waals surface area contributed by atoms with Crippen molar-refractivity contribution in [1.29, 1.82) is 0 Å². The third-order valence-corrected chi connectivity index (χ3v) is 3.11. The minimum Gasteiger partial charge on any atom is -0.361 e. The van der Waals surface area contributed by atoms with Gasteiger partial charge in [-0.2, -0.15) is 0 Å². The van der Waals surface area contributed by atoms with Crippen LogP contribution in [0.25, 0.3) is 22.0 Å². The molecule has 0 fully saturated rings. The Labute approximate surface area is 103 Å². The molecule has 0 aliphatic heterocycles. The minimum atomic E-state index is -0.390. The molecule has 1 aromatic heterocycles. The highest BCUT2D eigenvalue weighted by Gasteiger charge is 2.04. The van der Waals surface area contributed by atoms with Crippen molar-refractivity contribution in [3.05, 3.63) is 59.5 Å². The number of halogens is 2. The smallest absolute Gasteiger partial charge is 0.142 e. The second-order valence-electron chi connectivity index (χ2n) is 3.91. The summed E-state index contributed by atoms with van der Waals surface area (Å²) in [5.74, 6) is -0.390. The molecule has 17 heavy (non-hydrogen) atoms. The van der Waals surface area contributed by atoms with Gasteiger partial charge in [-0.1, -0.05) is 23.7 Å². The van der Waals surface area contributed by atoms with E-state index < -0.39 is 5.82 Å². The highest BCUT2D eigenvalue weighted by molar-refractivity contribution is 6.30. The third-order valence-electron chi connectivity index (χ3n) is 2.81. The van der Waals surface area contributed by atoms with Crippen molar-refractivity contribution in [3.8, 4) is 11.1 Å². The van der Waals surface area contributed by atoms with Crippen molar-refractivity contribution in [1.82, 2.24) is 4.98 Å². The maximum absolute atomic E-state index is 13.4. The fraction of sp³-hybridized carbons (Fsp3) is 0. The lowest BCUT2D eigenvalue weighted by Gasteiger charge is -2.03. The highest BCUT2D eigenvalue weighted by Crippen LogP contribution is 2.26. The van der Waals surface area contributed by atoms with Crippen LogP contribution in [0.4, 0.5) is 4.39 Å². The topological polar surface area (TPSA) is 15.8 Å². The average Bonchev–Trinajstić information content (AvgIpc) is 2.79. The zero-order chi connectivity index (χ0) is 11.8. The molecule has 1 heterocycles. The van der Waals surface area contributed by atoms with Crippen molar-refractivity contribution in [2.75, 3.05) is 0 Å². The van der Waals surface area contributed by atoms with Gasteiger partial charge in [0, 0.05) is 11.7 Å².